The number of hydrogen-bond acceptors (Lipinski definition) is 8. The number of fused-ring (bicyclic) bond motifs is 1. The van der Waals surface area contributed by atoms with Gasteiger partial charge in [0, 0.05) is 6.54 Å². The fraction of sp³-hybridized carbons (Fsp3) is 0.250. The molecule has 0 bridgehead atoms. The van der Waals surface area contributed by atoms with E-state index in [0.717, 1.165) is 17.3 Å². The Hall–Kier alpha value is -2.94. The summed E-state index contributed by atoms with van der Waals surface area (Å²) in [5.41, 5.74) is 2.27. The Labute approximate surface area is 147 Å². The number of nitrogens with one attached hydrogen (secondary N) is 1. The molecule has 1 aromatic heterocycles. The van der Waals surface area contributed by atoms with Gasteiger partial charge in [-0.15, -0.1) is 0 Å². The smallest absolute Gasteiger partial charge is 0.321 e. The predicted molar refractivity (Wildman–Crippen MR) is 95.8 cm³/mol. The van der Waals surface area contributed by atoms with Crippen molar-refractivity contribution in [3.8, 4) is 11.5 Å². The lowest BCUT2D eigenvalue weighted by Gasteiger charge is -2.10. The standard InChI is InChI=1S/C16H16N4O4S/c1-23-13-6-3-10(9-14(13)24-2)7-8-17-12-5-4-11-15(19-25-18-11)16(12)20(21)22/h3-6,9,17H,7-8H2,1-2H3. The molecule has 0 aliphatic rings. The molecule has 2 aromatic carbocycles. The second-order valence-corrected chi connectivity index (χ2v) is 5.75. The van der Waals surface area contributed by atoms with Gasteiger partial charge in [-0.05, 0) is 36.2 Å². The maximum Gasteiger partial charge on any atom is 0.321 e. The summed E-state index contributed by atoms with van der Waals surface area (Å²) >= 11 is 0.963. The molecule has 0 saturated carbocycles. The van der Waals surface area contributed by atoms with Crippen LogP contribution in [0.25, 0.3) is 11.0 Å². The van der Waals surface area contributed by atoms with Gasteiger partial charge < -0.3 is 14.8 Å². The molecule has 0 radical (unpaired) electrons. The van der Waals surface area contributed by atoms with Crippen molar-refractivity contribution in [3.63, 3.8) is 0 Å². The molecule has 0 saturated heterocycles. The zero-order chi connectivity index (χ0) is 17.8. The van der Waals surface area contributed by atoms with Crippen molar-refractivity contribution < 1.29 is 14.4 Å². The van der Waals surface area contributed by atoms with Crippen molar-refractivity contribution in [1.29, 1.82) is 0 Å². The van der Waals surface area contributed by atoms with E-state index in [9.17, 15) is 10.1 Å². The van der Waals surface area contributed by atoms with E-state index in [4.69, 9.17) is 9.47 Å². The van der Waals surface area contributed by atoms with Crippen LogP contribution in [0.3, 0.4) is 0 Å². The average Bonchev–Trinajstić information content (AvgIpc) is 3.09. The number of nitrogens with zero attached hydrogens (tertiary/aromatic N) is 3. The Balaban J connectivity index is 1.75. The minimum Gasteiger partial charge on any atom is -0.493 e. The molecule has 9 heteroatoms. The first-order chi connectivity index (χ1) is 12.1. The Morgan fingerprint density at radius 3 is 2.68 bits per heavy atom. The van der Waals surface area contributed by atoms with Gasteiger partial charge in [0.15, 0.2) is 17.0 Å². The molecule has 25 heavy (non-hydrogen) atoms. The average molecular weight is 360 g/mol. The van der Waals surface area contributed by atoms with Crippen LogP contribution in [0.2, 0.25) is 0 Å². The molecule has 0 atom stereocenters. The summed E-state index contributed by atoms with van der Waals surface area (Å²) in [5.74, 6) is 1.32. The molecule has 0 unspecified atom stereocenters. The lowest BCUT2D eigenvalue weighted by Crippen LogP contribution is -2.07. The van der Waals surface area contributed by atoms with Crippen LogP contribution in [-0.4, -0.2) is 34.4 Å². The first-order valence-corrected chi connectivity index (χ1v) is 8.21. The van der Waals surface area contributed by atoms with Gasteiger partial charge in [-0.1, -0.05) is 6.07 Å². The lowest BCUT2D eigenvalue weighted by molar-refractivity contribution is -0.382. The molecule has 3 aromatic rings. The number of nitro groups is 1. The highest BCUT2D eigenvalue weighted by Gasteiger charge is 2.21. The maximum atomic E-state index is 11.4. The van der Waals surface area contributed by atoms with E-state index in [0.29, 0.717) is 41.2 Å². The third-order valence-corrected chi connectivity index (χ3v) is 4.30. The van der Waals surface area contributed by atoms with Crippen molar-refractivity contribution in [3.05, 3.63) is 46.0 Å². The Morgan fingerprint density at radius 2 is 1.96 bits per heavy atom. The number of ether oxygens (including phenoxy) is 2. The summed E-state index contributed by atoms with van der Waals surface area (Å²) in [5, 5.41) is 14.5. The summed E-state index contributed by atoms with van der Waals surface area (Å²) in [6, 6.07) is 9.05. The van der Waals surface area contributed by atoms with Crippen LogP contribution in [0, 0.1) is 10.1 Å². The fourth-order valence-electron chi connectivity index (χ4n) is 2.54. The quantitative estimate of drug-likeness (QED) is 0.510. The Kier molecular flexibility index (Phi) is 4.94. The third-order valence-electron chi connectivity index (χ3n) is 3.76. The summed E-state index contributed by atoms with van der Waals surface area (Å²) in [7, 11) is 3.17. The zero-order valence-corrected chi connectivity index (χ0v) is 14.5. The Morgan fingerprint density at radius 1 is 1.16 bits per heavy atom. The SMILES string of the molecule is COc1ccc(CCNc2ccc3nsnc3c2[N+](=O)[O-])cc1OC. The van der Waals surface area contributed by atoms with Crippen molar-refractivity contribution in [1.82, 2.24) is 8.75 Å². The van der Waals surface area contributed by atoms with Gasteiger partial charge in [-0.25, -0.2) is 0 Å². The van der Waals surface area contributed by atoms with Crippen molar-refractivity contribution in [2.45, 2.75) is 6.42 Å². The molecule has 0 amide bonds. The Bertz CT molecular complexity index is 912. The van der Waals surface area contributed by atoms with Crippen LogP contribution in [0.5, 0.6) is 11.5 Å². The zero-order valence-electron chi connectivity index (χ0n) is 13.7. The summed E-state index contributed by atoms with van der Waals surface area (Å²) in [6.07, 6.45) is 0.671. The summed E-state index contributed by atoms with van der Waals surface area (Å²) in [6.45, 7) is 0.527. The monoisotopic (exact) mass is 360 g/mol. The summed E-state index contributed by atoms with van der Waals surface area (Å²) in [4.78, 5) is 11.0. The predicted octanol–water partition coefficient (Wildman–Crippen LogP) is 3.27. The van der Waals surface area contributed by atoms with Gasteiger partial charge >= 0.3 is 5.69 Å². The number of benzene rings is 2. The maximum absolute atomic E-state index is 11.4. The second-order valence-electron chi connectivity index (χ2n) is 5.22. The minimum atomic E-state index is -0.428. The molecule has 1 heterocycles. The second kappa shape index (κ2) is 7.31. The molecule has 130 valence electrons. The van der Waals surface area contributed by atoms with Crippen LogP contribution in [0.1, 0.15) is 5.56 Å². The van der Waals surface area contributed by atoms with Crippen LogP contribution < -0.4 is 14.8 Å². The third kappa shape index (κ3) is 3.45. The van der Waals surface area contributed by atoms with Crippen molar-refractivity contribution in [2.24, 2.45) is 0 Å². The molecular weight excluding hydrogens is 344 g/mol. The van der Waals surface area contributed by atoms with Gasteiger partial charge in [-0.2, -0.15) is 8.75 Å². The van der Waals surface area contributed by atoms with E-state index in [1.807, 2.05) is 18.2 Å². The number of rotatable bonds is 7. The van der Waals surface area contributed by atoms with E-state index in [2.05, 4.69) is 14.1 Å². The molecule has 0 spiro atoms. The number of methoxy groups -OCH3 is 2. The fourth-order valence-corrected chi connectivity index (χ4v) is 3.08. The highest BCUT2D eigenvalue weighted by molar-refractivity contribution is 7.00. The largest absolute Gasteiger partial charge is 0.493 e. The molecule has 1 N–H and O–H groups in total. The highest BCUT2D eigenvalue weighted by Crippen LogP contribution is 2.32. The van der Waals surface area contributed by atoms with Crippen LogP contribution in [0.15, 0.2) is 30.3 Å². The van der Waals surface area contributed by atoms with Crippen molar-refractivity contribution in [2.75, 3.05) is 26.1 Å². The van der Waals surface area contributed by atoms with E-state index in [-0.39, 0.29) is 5.69 Å². The van der Waals surface area contributed by atoms with Crippen molar-refractivity contribution >= 4 is 34.1 Å². The van der Waals surface area contributed by atoms with Crippen LogP contribution >= 0.6 is 11.7 Å². The first kappa shape index (κ1) is 16.9. The number of anilines is 1. The van der Waals surface area contributed by atoms with E-state index in [1.165, 1.54) is 0 Å². The number of aromatic nitrogens is 2. The molecule has 0 aliphatic carbocycles. The number of nitro benzene ring substituents is 1. The van der Waals surface area contributed by atoms with Crippen LogP contribution in [0.4, 0.5) is 11.4 Å². The normalized spacial score (nSPS) is 10.6. The summed E-state index contributed by atoms with van der Waals surface area (Å²) < 4.78 is 18.6. The van der Waals surface area contributed by atoms with Gasteiger partial charge in [0.05, 0.1) is 30.9 Å². The van der Waals surface area contributed by atoms with Gasteiger partial charge in [0.25, 0.3) is 0 Å². The van der Waals surface area contributed by atoms with E-state index < -0.39 is 4.92 Å². The van der Waals surface area contributed by atoms with Gasteiger partial charge in [0.1, 0.15) is 11.2 Å². The molecule has 8 nitrogen and oxygen atoms in total. The highest BCUT2D eigenvalue weighted by atomic mass is 32.1. The molecular formula is C16H16N4O4S. The first-order valence-electron chi connectivity index (χ1n) is 7.48. The van der Waals surface area contributed by atoms with E-state index in [1.54, 1.807) is 26.4 Å². The minimum absolute atomic E-state index is 0.0430. The molecule has 0 fully saturated rings. The number of hydrogen-bond donors (Lipinski definition) is 1. The van der Waals surface area contributed by atoms with Crippen LogP contribution in [-0.2, 0) is 6.42 Å². The molecule has 3 rings (SSSR count). The lowest BCUT2D eigenvalue weighted by atomic mass is 10.1. The van der Waals surface area contributed by atoms with Gasteiger partial charge in [0.2, 0.25) is 0 Å². The van der Waals surface area contributed by atoms with Gasteiger partial charge in [-0.3, -0.25) is 10.1 Å². The topological polar surface area (TPSA) is 99.4 Å². The van der Waals surface area contributed by atoms with E-state index >= 15 is 0 Å². The molecule has 0 aliphatic heterocycles.